The number of phenols is 1. The smallest absolute Gasteiger partial charge is 0.255 e. The Kier molecular flexibility index (Phi) is 4.25. The molecule has 0 aliphatic heterocycles. The largest absolute Gasteiger partial charge is 0.506 e. The molecule has 124 valence electrons. The van der Waals surface area contributed by atoms with Gasteiger partial charge in [-0.15, -0.1) is 0 Å². The van der Waals surface area contributed by atoms with Crippen LogP contribution >= 0.6 is 0 Å². The molecular formula is C19H20N2O3. The Hall–Kier alpha value is -2.82. The topological polar surface area (TPSA) is 78.4 Å². The molecule has 2 aromatic rings. The van der Waals surface area contributed by atoms with Gasteiger partial charge in [-0.05, 0) is 61.2 Å². The van der Waals surface area contributed by atoms with Gasteiger partial charge in [0.2, 0.25) is 5.91 Å². The van der Waals surface area contributed by atoms with E-state index in [1.165, 1.54) is 0 Å². The van der Waals surface area contributed by atoms with E-state index in [2.05, 4.69) is 17.6 Å². The molecule has 0 radical (unpaired) electrons. The van der Waals surface area contributed by atoms with Crippen molar-refractivity contribution in [3.05, 3.63) is 53.6 Å². The van der Waals surface area contributed by atoms with Gasteiger partial charge < -0.3 is 15.7 Å². The van der Waals surface area contributed by atoms with Gasteiger partial charge >= 0.3 is 0 Å². The summed E-state index contributed by atoms with van der Waals surface area (Å²) in [4.78, 5) is 24.1. The maximum atomic E-state index is 12.2. The molecule has 0 aromatic heterocycles. The number of anilines is 2. The molecule has 5 heteroatoms. The van der Waals surface area contributed by atoms with E-state index in [1.807, 2.05) is 13.0 Å². The van der Waals surface area contributed by atoms with E-state index in [0.29, 0.717) is 22.9 Å². The third-order valence-corrected chi connectivity index (χ3v) is 4.26. The van der Waals surface area contributed by atoms with E-state index in [0.717, 1.165) is 12.0 Å². The van der Waals surface area contributed by atoms with Gasteiger partial charge in [-0.2, -0.15) is 0 Å². The zero-order valence-electron chi connectivity index (χ0n) is 13.7. The first kappa shape index (κ1) is 16.1. The Balaban J connectivity index is 1.64. The summed E-state index contributed by atoms with van der Waals surface area (Å²) in [6.07, 6.45) is 0.937. The fourth-order valence-electron chi connectivity index (χ4n) is 2.57. The van der Waals surface area contributed by atoms with Gasteiger partial charge in [0.15, 0.2) is 0 Å². The van der Waals surface area contributed by atoms with Crippen LogP contribution in [0.3, 0.4) is 0 Å². The quantitative estimate of drug-likeness (QED) is 0.753. The van der Waals surface area contributed by atoms with E-state index in [1.54, 1.807) is 36.4 Å². The number of hydrogen-bond donors (Lipinski definition) is 3. The van der Waals surface area contributed by atoms with Crippen LogP contribution in [-0.2, 0) is 4.79 Å². The van der Waals surface area contributed by atoms with Crippen LogP contribution in [-0.4, -0.2) is 16.9 Å². The third-order valence-electron chi connectivity index (χ3n) is 4.26. The summed E-state index contributed by atoms with van der Waals surface area (Å²) in [5.41, 5.74) is 2.41. The highest BCUT2D eigenvalue weighted by Crippen LogP contribution is 2.38. The summed E-state index contributed by atoms with van der Waals surface area (Å²) in [7, 11) is 0. The van der Waals surface area contributed by atoms with Crippen molar-refractivity contribution < 1.29 is 14.7 Å². The lowest BCUT2D eigenvalue weighted by molar-refractivity contribution is -0.117. The minimum atomic E-state index is -0.317. The van der Waals surface area contributed by atoms with Crippen LogP contribution in [0, 0.1) is 18.8 Å². The molecule has 1 fully saturated rings. The SMILES string of the molecule is Cc1ccc(NC(=O)c2ccc(NC(=O)C3CC3C)cc2)c(O)c1. The van der Waals surface area contributed by atoms with Gasteiger partial charge in [-0.3, -0.25) is 9.59 Å². The predicted octanol–water partition coefficient (Wildman–Crippen LogP) is 3.55. The molecule has 0 spiro atoms. The first-order chi connectivity index (χ1) is 11.4. The Labute approximate surface area is 140 Å². The number of carbonyl (C=O) groups is 2. The predicted molar refractivity (Wildman–Crippen MR) is 93.1 cm³/mol. The lowest BCUT2D eigenvalue weighted by Crippen LogP contribution is -2.15. The molecule has 2 unspecified atom stereocenters. The highest BCUT2D eigenvalue weighted by Gasteiger charge is 2.39. The van der Waals surface area contributed by atoms with Crippen LogP contribution in [0.2, 0.25) is 0 Å². The van der Waals surface area contributed by atoms with Crippen LogP contribution in [0.4, 0.5) is 11.4 Å². The van der Waals surface area contributed by atoms with Crippen molar-refractivity contribution in [2.45, 2.75) is 20.3 Å². The van der Waals surface area contributed by atoms with Gasteiger partial charge in [0, 0.05) is 17.2 Å². The Morgan fingerprint density at radius 3 is 2.33 bits per heavy atom. The molecule has 2 aromatic carbocycles. The van der Waals surface area contributed by atoms with Crippen molar-refractivity contribution in [3.8, 4) is 5.75 Å². The summed E-state index contributed by atoms with van der Waals surface area (Å²) in [5, 5.41) is 15.4. The second-order valence-electron chi connectivity index (χ2n) is 6.36. The molecule has 3 N–H and O–H groups in total. The number of phenolic OH excluding ortho intramolecular Hbond substituents is 1. The van der Waals surface area contributed by atoms with Crippen molar-refractivity contribution in [1.29, 1.82) is 0 Å². The van der Waals surface area contributed by atoms with Gasteiger partial charge in [0.25, 0.3) is 5.91 Å². The number of carbonyl (C=O) groups excluding carboxylic acids is 2. The third kappa shape index (κ3) is 3.56. The first-order valence-electron chi connectivity index (χ1n) is 7.96. The van der Waals surface area contributed by atoms with Crippen LogP contribution in [0.15, 0.2) is 42.5 Å². The monoisotopic (exact) mass is 324 g/mol. The fourth-order valence-corrected chi connectivity index (χ4v) is 2.57. The molecule has 24 heavy (non-hydrogen) atoms. The molecule has 0 saturated heterocycles. The van der Waals surface area contributed by atoms with Crippen LogP contribution in [0.5, 0.6) is 5.75 Å². The molecule has 1 saturated carbocycles. The molecule has 0 bridgehead atoms. The zero-order chi connectivity index (χ0) is 17.3. The second-order valence-corrected chi connectivity index (χ2v) is 6.36. The van der Waals surface area contributed by atoms with Crippen molar-refractivity contribution >= 4 is 23.2 Å². The van der Waals surface area contributed by atoms with Crippen molar-refractivity contribution in [2.75, 3.05) is 10.6 Å². The van der Waals surface area contributed by atoms with Crippen molar-refractivity contribution in [3.63, 3.8) is 0 Å². The molecule has 2 amide bonds. The normalized spacial score (nSPS) is 18.8. The minimum Gasteiger partial charge on any atom is -0.506 e. The van der Waals surface area contributed by atoms with E-state index in [-0.39, 0.29) is 23.5 Å². The lowest BCUT2D eigenvalue weighted by Gasteiger charge is -2.09. The molecular weight excluding hydrogens is 304 g/mol. The lowest BCUT2D eigenvalue weighted by atomic mass is 10.1. The number of aromatic hydroxyl groups is 1. The summed E-state index contributed by atoms with van der Waals surface area (Å²) >= 11 is 0. The standard InChI is InChI=1S/C19H20N2O3/c1-11-3-8-16(17(22)9-11)21-18(23)13-4-6-14(7-5-13)20-19(24)15-10-12(15)2/h3-9,12,15,22H,10H2,1-2H3,(H,20,24)(H,21,23). The zero-order valence-corrected chi connectivity index (χ0v) is 13.7. The molecule has 1 aliphatic rings. The van der Waals surface area contributed by atoms with Crippen molar-refractivity contribution in [1.82, 2.24) is 0 Å². The summed E-state index contributed by atoms with van der Waals surface area (Å²) in [5.74, 6) is 0.313. The number of benzene rings is 2. The minimum absolute atomic E-state index is 0.0317. The van der Waals surface area contributed by atoms with Gasteiger partial charge in [0.05, 0.1) is 5.69 Å². The Morgan fingerprint density at radius 2 is 1.75 bits per heavy atom. The molecule has 5 nitrogen and oxygen atoms in total. The van der Waals surface area contributed by atoms with E-state index >= 15 is 0 Å². The number of aryl methyl sites for hydroxylation is 1. The van der Waals surface area contributed by atoms with Crippen LogP contribution in [0.25, 0.3) is 0 Å². The number of hydrogen-bond acceptors (Lipinski definition) is 3. The Morgan fingerprint density at radius 1 is 1.08 bits per heavy atom. The summed E-state index contributed by atoms with van der Waals surface area (Å²) < 4.78 is 0. The number of rotatable bonds is 4. The highest BCUT2D eigenvalue weighted by atomic mass is 16.3. The first-order valence-corrected chi connectivity index (χ1v) is 7.96. The highest BCUT2D eigenvalue weighted by molar-refractivity contribution is 6.05. The van der Waals surface area contributed by atoms with E-state index in [9.17, 15) is 14.7 Å². The average Bonchev–Trinajstić information content (AvgIpc) is 3.28. The maximum Gasteiger partial charge on any atom is 0.255 e. The van der Waals surface area contributed by atoms with Gasteiger partial charge in [-0.1, -0.05) is 13.0 Å². The second kappa shape index (κ2) is 6.35. The number of amides is 2. The van der Waals surface area contributed by atoms with Crippen LogP contribution in [0.1, 0.15) is 29.3 Å². The van der Waals surface area contributed by atoms with Crippen molar-refractivity contribution in [2.24, 2.45) is 11.8 Å². The maximum absolute atomic E-state index is 12.2. The molecule has 1 aliphatic carbocycles. The average molecular weight is 324 g/mol. The van der Waals surface area contributed by atoms with E-state index < -0.39 is 0 Å². The fraction of sp³-hybridized carbons (Fsp3) is 0.263. The van der Waals surface area contributed by atoms with Crippen LogP contribution < -0.4 is 10.6 Å². The van der Waals surface area contributed by atoms with Gasteiger partial charge in [-0.25, -0.2) is 0 Å². The molecule has 2 atom stereocenters. The molecule has 0 heterocycles. The van der Waals surface area contributed by atoms with Gasteiger partial charge in [0.1, 0.15) is 5.75 Å². The Bertz CT molecular complexity index is 784. The summed E-state index contributed by atoms with van der Waals surface area (Å²) in [6.45, 7) is 3.92. The number of nitrogens with one attached hydrogen (secondary N) is 2. The summed E-state index contributed by atoms with van der Waals surface area (Å²) in [6, 6.07) is 11.8. The molecule has 3 rings (SSSR count). The van der Waals surface area contributed by atoms with E-state index in [4.69, 9.17) is 0 Å².